The summed E-state index contributed by atoms with van der Waals surface area (Å²) in [4.78, 5) is 1.30. The minimum absolute atomic E-state index is 0.947. The van der Waals surface area contributed by atoms with Crippen LogP contribution in [0.15, 0.2) is 35.2 Å². The van der Waals surface area contributed by atoms with Crippen molar-refractivity contribution in [1.29, 1.82) is 0 Å². The van der Waals surface area contributed by atoms with Gasteiger partial charge in [0.05, 0.1) is 5.69 Å². The van der Waals surface area contributed by atoms with Crippen LogP contribution in [0.25, 0.3) is 0 Å². The molecule has 0 aliphatic carbocycles. The quantitative estimate of drug-likeness (QED) is 0.821. The first kappa shape index (κ1) is 14.2. The van der Waals surface area contributed by atoms with Crippen LogP contribution in [0.2, 0.25) is 0 Å². The van der Waals surface area contributed by atoms with Crippen molar-refractivity contribution in [2.24, 2.45) is 7.05 Å². The molecule has 2 aromatic rings. The molecule has 19 heavy (non-hydrogen) atoms. The van der Waals surface area contributed by atoms with Gasteiger partial charge in [-0.05, 0) is 37.2 Å². The maximum Gasteiger partial charge on any atom is 0.0596 e. The average molecular weight is 275 g/mol. The Morgan fingerprint density at radius 1 is 1.26 bits per heavy atom. The summed E-state index contributed by atoms with van der Waals surface area (Å²) in [5.41, 5.74) is 3.68. The number of aryl methyl sites for hydroxylation is 2. The molecule has 0 fully saturated rings. The van der Waals surface area contributed by atoms with Crippen LogP contribution in [0.5, 0.6) is 0 Å². The van der Waals surface area contributed by atoms with Crippen molar-refractivity contribution in [3.8, 4) is 0 Å². The van der Waals surface area contributed by atoms with E-state index in [1.54, 1.807) is 0 Å². The normalized spacial score (nSPS) is 10.9. The molecule has 0 saturated heterocycles. The van der Waals surface area contributed by atoms with Crippen LogP contribution in [0.3, 0.4) is 0 Å². The summed E-state index contributed by atoms with van der Waals surface area (Å²) in [6.45, 7) is 6.11. The van der Waals surface area contributed by atoms with Crippen LogP contribution >= 0.6 is 11.8 Å². The van der Waals surface area contributed by atoms with Crippen molar-refractivity contribution in [3.63, 3.8) is 0 Å². The first-order valence-corrected chi connectivity index (χ1v) is 7.59. The Kier molecular flexibility index (Phi) is 5.05. The molecule has 4 heteroatoms. The Morgan fingerprint density at radius 2 is 2.00 bits per heavy atom. The predicted octanol–water partition coefficient (Wildman–Crippen LogP) is 3.13. The molecule has 0 amide bonds. The summed E-state index contributed by atoms with van der Waals surface area (Å²) in [6.07, 6.45) is 0. The number of hydrogen-bond acceptors (Lipinski definition) is 3. The molecule has 1 N–H and O–H groups in total. The lowest BCUT2D eigenvalue weighted by atomic mass is 10.2. The predicted molar refractivity (Wildman–Crippen MR) is 81.3 cm³/mol. The number of rotatable bonds is 6. The van der Waals surface area contributed by atoms with Gasteiger partial charge in [-0.1, -0.05) is 19.1 Å². The Morgan fingerprint density at radius 3 is 2.58 bits per heavy atom. The average Bonchev–Trinajstić information content (AvgIpc) is 2.73. The van der Waals surface area contributed by atoms with Crippen LogP contribution < -0.4 is 5.32 Å². The van der Waals surface area contributed by atoms with Crippen LogP contribution in [-0.4, -0.2) is 16.3 Å². The number of hydrogen-bond donors (Lipinski definition) is 1. The third-order valence-corrected chi connectivity index (χ3v) is 4.03. The van der Waals surface area contributed by atoms with E-state index in [2.05, 4.69) is 47.7 Å². The van der Waals surface area contributed by atoms with E-state index in [1.807, 2.05) is 30.4 Å². The van der Waals surface area contributed by atoms with E-state index in [4.69, 9.17) is 0 Å². The molecule has 1 aromatic carbocycles. The number of benzene rings is 1. The van der Waals surface area contributed by atoms with Gasteiger partial charge in [0.15, 0.2) is 0 Å². The summed E-state index contributed by atoms with van der Waals surface area (Å²) in [5.74, 6) is 0.962. The second kappa shape index (κ2) is 6.78. The fraction of sp³-hybridized carbons (Fsp3) is 0.400. The molecule has 2 rings (SSSR count). The zero-order valence-corrected chi connectivity index (χ0v) is 12.6. The van der Waals surface area contributed by atoms with Crippen molar-refractivity contribution >= 4 is 11.8 Å². The second-order valence-corrected chi connectivity index (χ2v) is 5.66. The van der Waals surface area contributed by atoms with Crippen molar-refractivity contribution in [2.45, 2.75) is 31.0 Å². The lowest BCUT2D eigenvalue weighted by Gasteiger charge is -2.05. The van der Waals surface area contributed by atoms with E-state index < -0.39 is 0 Å². The Labute approximate surface area is 119 Å². The zero-order chi connectivity index (χ0) is 13.7. The molecule has 1 heterocycles. The topological polar surface area (TPSA) is 29.9 Å². The molecule has 0 aliphatic rings. The lowest BCUT2D eigenvalue weighted by molar-refractivity contribution is 0.726. The minimum Gasteiger partial charge on any atom is -0.313 e. The highest BCUT2D eigenvalue weighted by atomic mass is 32.2. The standard InChI is InChI=1S/C15H21N3S/c1-4-16-10-13-5-7-15(8-6-13)19-11-14-9-12(2)17-18(14)3/h5-9,16H,4,10-11H2,1-3H3. The molecule has 0 spiro atoms. The molecular weight excluding hydrogens is 254 g/mol. The first-order chi connectivity index (χ1) is 9.19. The van der Waals surface area contributed by atoms with Gasteiger partial charge in [0.1, 0.15) is 0 Å². The van der Waals surface area contributed by atoms with Crippen molar-refractivity contribution in [1.82, 2.24) is 15.1 Å². The first-order valence-electron chi connectivity index (χ1n) is 6.61. The summed E-state index contributed by atoms with van der Waals surface area (Å²) in [6, 6.07) is 10.9. The second-order valence-electron chi connectivity index (χ2n) is 4.61. The van der Waals surface area contributed by atoms with Gasteiger partial charge in [0.2, 0.25) is 0 Å². The highest BCUT2D eigenvalue weighted by Crippen LogP contribution is 2.23. The highest BCUT2D eigenvalue weighted by molar-refractivity contribution is 7.98. The molecule has 0 bridgehead atoms. The Bertz CT molecular complexity index is 517. The molecule has 0 unspecified atom stereocenters. The van der Waals surface area contributed by atoms with Gasteiger partial charge in [-0.3, -0.25) is 4.68 Å². The number of aromatic nitrogens is 2. The van der Waals surface area contributed by atoms with Gasteiger partial charge < -0.3 is 5.32 Å². The van der Waals surface area contributed by atoms with E-state index in [0.717, 1.165) is 24.5 Å². The summed E-state index contributed by atoms with van der Waals surface area (Å²) in [5, 5.41) is 7.70. The van der Waals surface area contributed by atoms with Crippen molar-refractivity contribution in [3.05, 3.63) is 47.3 Å². The smallest absolute Gasteiger partial charge is 0.0596 e. The number of nitrogens with zero attached hydrogens (tertiary/aromatic N) is 2. The van der Waals surface area contributed by atoms with E-state index in [9.17, 15) is 0 Å². The fourth-order valence-electron chi connectivity index (χ4n) is 1.93. The maximum atomic E-state index is 4.37. The van der Waals surface area contributed by atoms with Gasteiger partial charge in [0, 0.05) is 29.9 Å². The van der Waals surface area contributed by atoms with E-state index in [-0.39, 0.29) is 0 Å². The summed E-state index contributed by atoms with van der Waals surface area (Å²) >= 11 is 1.85. The highest BCUT2D eigenvalue weighted by Gasteiger charge is 2.03. The third kappa shape index (κ3) is 4.11. The van der Waals surface area contributed by atoms with Crippen molar-refractivity contribution < 1.29 is 0 Å². The SMILES string of the molecule is CCNCc1ccc(SCc2cc(C)nn2C)cc1. The van der Waals surface area contributed by atoms with Crippen LogP contribution in [0.1, 0.15) is 23.9 Å². The largest absolute Gasteiger partial charge is 0.313 e. The van der Waals surface area contributed by atoms with Gasteiger partial charge in [-0.2, -0.15) is 5.10 Å². The van der Waals surface area contributed by atoms with E-state index in [1.165, 1.54) is 16.2 Å². The van der Waals surface area contributed by atoms with Gasteiger partial charge in [0.25, 0.3) is 0 Å². The molecule has 1 aromatic heterocycles. The molecule has 0 atom stereocenters. The molecule has 0 radical (unpaired) electrons. The van der Waals surface area contributed by atoms with Gasteiger partial charge in [-0.15, -0.1) is 11.8 Å². The fourth-order valence-corrected chi connectivity index (χ4v) is 2.84. The lowest BCUT2D eigenvalue weighted by Crippen LogP contribution is -2.11. The van der Waals surface area contributed by atoms with E-state index in [0.29, 0.717) is 0 Å². The zero-order valence-electron chi connectivity index (χ0n) is 11.8. The number of nitrogens with one attached hydrogen (secondary N) is 1. The van der Waals surface area contributed by atoms with Crippen LogP contribution in [0, 0.1) is 6.92 Å². The Hall–Kier alpha value is -1.26. The van der Waals surface area contributed by atoms with Gasteiger partial charge >= 0.3 is 0 Å². The van der Waals surface area contributed by atoms with Crippen molar-refractivity contribution in [2.75, 3.05) is 6.54 Å². The minimum atomic E-state index is 0.947. The van der Waals surface area contributed by atoms with Crippen LogP contribution in [0.4, 0.5) is 0 Å². The van der Waals surface area contributed by atoms with Crippen LogP contribution in [-0.2, 0) is 19.3 Å². The molecule has 0 saturated carbocycles. The molecule has 3 nitrogen and oxygen atoms in total. The molecular formula is C15H21N3S. The molecule has 0 aliphatic heterocycles. The monoisotopic (exact) mass is 275 g/mol. The molecule has 102 valence electrons. The van der Waals surface area contributed by atoms with Gasteiger partial charge in [-0.25, -0.2) is 0 Å². The third-order valence-electron chi connectivity index (χ3n) is 2.99. The summed E-state index contributed by atoms with van der Waals surface area (Å²) in [7, 11) is 2.00. The summed E-state index contributed by atoms with van der Waals surface area (Å²) < 4.78 is 1.96. The number of thioether (sulfide) groups is 1. The van der Waals surface area contributed by atoms with E-state index >= 15 is 0 Å². The maximum absolute atomic E-state index is 4.37. The Balaban J connectivity index is 1.91.